The largest absolute Gasteiger partial charge is 0.338 e. The molecule has 0 aliphatic carbocycles. The van der Waals surface area contributed by atoms with Gasteiger partial charge in [-0.2, -0.15) is 4.98 Å². The number of carbonyl (C=O) groups is 2. The first kappa shape index (κ1) is 12.5. The van der Waals surface area contributed by atoms with E-state index in [0.717, 1.165) is 0 Å². The van der Waals surface area contributed by atoms with Crippen molar-refractivity contribution in [1.29, 1.82) is 0 Å². The summed E-state index contributed by atoms with van der Waals surface area (Å²) in [5.74, 6) is 0.200. The Bertz CT molecular complexity index is 645. The zero-order valence-corrected chi connectivity index (χ0v) is 10.6. The Labute approximate surface area is 114 Å². The zero-order valence-electron chi connectivity index (χ0n) is 10.6. The van der Waals surface area contributed by atoms with Crippen LogP contribution in [0.25, 0.3) is 0 Å². The van der Waals surface area contributed by atoms with E-state index in [1.807, 2.05) is 0 Å². The molecule has 20 heavy (non-hydrogen) atoms. The van der Waals surface area contributed by atoms with Crippen molar-refractivity contribution >= 4 is 11.8 Å². The maximum Gasteiger partial charge on any atom is 0.261 e. The lowest BCUT2D eigenvalue weighted by atomic mass is 10.1. The molecule has 1 aromatic carbocycles. The molecule has 1 aliphatic rings. The standard InChI is InChI=1S/C13H12N4O3/c14-7-11-15-10(16-20-11)5-6-17-12(18)8-3-1-2-4-9(8)13(17)19/h1-4H,5-7,14H2. The normalized spacial score (nSPS) is 13.9. The van der Waals surface area contributed by atoms with Crippen molar-refractivity contribution in [3.8, 4) is 0 Å². The number of amides is 2. The van der Waals surface area contributed by atoms with Crippen LogP contribution in [0.5, 0.6) is 0 Å². The summed E-state index contributed by atoms with van der Waals surface area (Å²) in [5, 5.41) is 3.73. The summed E-state index contributed by atoms with van der Waals surface area (Å²) >= 11 is 0. The van der Waals surface area contributed by atoms with Crippen molar-refractivity contribution in [3.63, 3.8) is 0 Å². The predicted molar refractivity (Wildman–Crippen MR) is 67.7 cm³/mol. The number of hydrogen-bond acceptors (Lipinski definition) is 6. The molecule has 2 heterocycles. The molecule has 3 rings (SSSR count). The van der Waals surface area contributed by atoms with Crippen LogP contribution in [0.4, 0.5) is 0 Å². The molecule has 7 nitrogen and oxygen atoms in total. The fourth-order valence-corrected chi connectivity index (χ4v) is 2.13. The minimum Gasteiger partial charge on any atom is -0.338 e. The van der Waals surface area contributed by atoms with Crippen LogP contribution in [0.3, 0.4) is 0 Å². The Morgan fingerprint density at radius 1 is 1.15 bits per heavy atom. The molecule has 0 saturated heterocycles. The van der Waals surface area contributed by atoms with Crippen LogP contribution in [0.2, 0.25) is 0 Å². The molecule has 0 atom stereocenters. The van der Waals surface area contributed by atoms with Crippen LogP contribution in [0.15, 0.2) is 28.8 Å². The first-order chi connectivity index (χ1) is 9.70. The van der Waals surface area contributed by atoms with Gasteiger partial charge in [0.15, 0.2) is 5.82 Å². The summed E-state index contributed by atoms with van der Waals surface area (Å²) in [7, 11) is 0. The van der Waals surface area contributed by atoms with Crippen molar-refractivity contribution in [2.45, 2.75) is 13.0 Å². The third-order valence-electron chi connectivity index (χ3n) is 3.12. The molecule has 0 radical (unpaired) electrons. The molecular weight excluding hydrogens is 260 g/mol. The molecular formula is C13H12N4O3. The number of imide groups is 1. The van der Waals surface area contributed by atoms with Crippen LogP contribution < -0.4 is 5.73 Å². The fourth-order valence-electron chi connectivity index (χ4n) is 2.13. The van der Waals surface area contributed by atoms with E-state index < -0.39 is 0 Å². The van der Waals surface area contributed by atoms with E-state index in [0.29, 0.717) is 29.3 Å². The first-order valence-electron chi connectivity index (χ1n) is 6.17. The van der Waals surface area contributed by atoms with Crippen LogP contribution in [-0.4, -0.2) is 33.4 Å². The molecule has 0 unspecified atom stereocenters. The third kappa shape index (κ3) is 1.97. The highest BCUT2D eigenvalue weighted by Gasteiger charge is 2.34. The number of nitrogens with zero attached hydrogens (tertiary/aromatic N) is 3. The number of rotatable bonds is 4. The second-order valence-electron chi connectivity index (χ2n) is 4.37. The topological polar surface area (TPSA) is 102 Å². The lowest BCUT2D eigenvalue weighted by molar-refractivity contribution is 0.0655. The van der Waals surface area contributed by atoms with Gasteiger partial charge in [0.1, 0.15) is 0 Å². The van der Waals surface area contributed by atoms with E-state index in [1.165, 1.54) is 4.90 Å². The number of hydrogen-bond donors (Lipinski definition) is 1. The molecule has 1 aromatic heterocycles. The molecule has 102 valence electrons. The zero-order chi connectivity index (χ0) is 14.1. The second kappa shape index (κ2) is 4.86. The molecule has 0 fully saturated rings. The van der Waals surface area contributed by atoms with Crippen LogP contribution in [-0.2, 0) is 13.0 Å². The number of benzene rings is 1. The average Bonchev–Trinajstić information content (AvgIpc) is 3.03. The van der Waals surface area contributed by atoms with Crippen molar-refractivity contribution in [1.82, 2.24) is 15.0 Å². The summed E-state index contributed by atoms with van der Waals surface area (Å²) in [5.41, 5.74) is 6.24. The molecule has 2 amide bonds. The van der Waals surface area contributed by atoms with Crippen molar-refractivity contribution in [3.05, 3.63) is 47.1 Å². The average molecular weight is 272 g/mol. The maximum atomic E-state index is 12.1. The van der Waals surface area contributed by atoms with Gasteiger partial charge < -0.3 is 10.3 Å². The van der Waals surface area contributed by atoms with Gasteiger partial charge in [0, 0.05) is 13.0 Å². The summed E-state index contributed by atoms with van der Waals surface area (Å²) in [6, 6.07) is 6.77. The minimum absolute atomic E-state index is 0.167. The number of carbonyl (C=O) groups excluding carboxylic acids is 2. The van der Waals surface area contributed by atoms with Gasteiger partial charge in [0.05, 0.1) is 17.7 Å². The molecule has 2 N–H and O–H groups in total. The van der Waals surface area contributed by atoms with E-state index in [4.69, 9.17) is 10.3 Å². The van der Waals surface area contributed by atoms with Crippen LogP contribution in [0, 0.1) is 0 Å². The van der Waals surface area contributed by atoms with Gasteiger partial charge in [0.25, 0.3) is 11.8 Å². The van der Waals surface area contributed by atoms with Gasteiger partial charge in [-0.15, -0.1) is 0 Å². The highest BCUT2D eigenvalue weighted by Crippen LogP contribution is 2.22. The lowest BCUT2D eigenvalue weighted by Gasteiger charge is -2.11. The van der Waals surface area contributed by atoms with E-state index in [-0.39, 0.29) is 24.9 Å². The second-order valence-corrected chi connectivity index (χ2v) is 4.37. The summed E-state index contributed by atoms with van der Waals surface area (Å²) in [6.07, 6.45) is 0.342. The Balaban J connectivity index is 1.73. The molecule has 1 aliphatic heterocycles. The van der Waals surface area contributed by atoms with E-state index >= 15 is 0 Å². The summed E-state index contributed by atoms with van der Waals surface area (Å²) in [6.45, 7) is 0.385. The number of aromatic nitrogens is 2. The molecule has 2 aromatic rings. The molecule has 0 saturated carbocycles. The highest BCUT2D eigenvalue weighted by molar-refractivity contribution is 6.21. The Morgan fingerprint density at radius 2 is 1.80 bits per heavy atom. The van der Waals surface area contributed by atoms with Gasteiger partial charge in [-0.25, -0.2) is 0 Å². The molecule has 0 bridgehead atoms. The Hall–Kier alpha value is -2.54. The maximum absolute atomic E-state index is 12.1. The summed E-state index contributed by atoms with van der Waals surface area (Å²) in [4.78, 5) is 29.5. The predicted octanol–water partition coefficient (Wildman–Crippen LogP) is 0.367. The van der Waals surface area contributed by atoms with E-state index in [2.05, 4.69) is 10.1 Å². The first-order valence-corrected chi connectivity index (χ1v) is 6.17. The lowest BCUT2D eigenvalue weighted by Crippen LogP contribution is -2.31. The van der Waals surface area contributed by atoms with E-state index in [9.17, 15) is 9.59 Å². The van der Waals surface area contributed by atoms with Crippen molar-refractivity contribution in [2.24, 2.45) is 5.73 Å². The van der Waals surface area contributed by atoms with Crippen molar-refractivity contribution < 1.29 is 14.1 Å². The van der Waals surface area contributed by atoms with Gasteiger partial charge in [-0.3, -0.25) is 14.5 Å². The SMILES string of the molecule is NCc1nc(CCN2C(=O)c3ccccc3C2=O)no1. The van der Waals surface area contributed by atoms with Crippen LogP contribution in [0.1, 0.15) is 32.4 Å². The number of nitrogens with two attached hydrogens (primary N) is 1. The summed E-state index contributed by atoms with van der Waals surface area (Å²) < 4.78 is 4.87. The van der Waals surface area contributed by atoms with Gasteiger partial charge in [-0.1, -0.05) is 17.3 Å². The van der Waals surface area contributed by atoms with Gasteiger partial charge in [0.2, 0.25) is 5.89 Å². The minimum atomic E-state index is -0.284. The third-order valence-corrected chi connectivity index (χ3v) is 3.12. The van der Waals surface area contributed by atoms with Crippen molar-refractivity contribution in [2.75, 3.05) is 6.54 Å². The van der Waals surface area contributed by atoms with Gasteiger partial charge in [-0.05, 0) is 12.1 Å². The fraction of sp³-hybridized carbons (Fsp3) is 0.231. The van der Waals surface area contributed by atoms with Gasteiger partial charge >= 0.3 is 0 Å². The molecule has 0 spiro atoms. The monoisotopic (exact) mass is 272 g/mol. The van der Waals surface area contributed by atoms with E-state index in [1.54, 1.807) is 24.3 Å². The Kier molecular flexibility index (Phi) is 3.03. The number of fused-ring (bicyclic) bond motifs is 1. The Morgan fingerprint density at radius 3 is 2.35 bits per heavy atom. The molecule has 7 heteroatoms. The quantitative estimate of drug-likeness (QED) is 0.806. The smallest absolute Gasteiger partial charge is 0.261 e. The highest BCUT2D eigenvalue weighted by atomic mass is 16.5. The van der Waals surface area contributed by atoms with Crippen LogP contribution >= 0.6 is 0 Å².